The molecule has 0 bridgehead atoms. The SMILES string of the molecule is COCCNCc1cc(C)ccc1OCCN1CCCC1. The lowest BCUT2D eigenvalue weighted by Gasteiger charge is -2.17. The Morgan fingerprint density at radius 3 is 2.76 bits per heavy atom. The zero-order valence-corrected chi connectivity index (χ0v) is 13.4. The van der Waals surface area contributed by atoms with Crippen LogP contribution in [0.1, 0.15) is 24.0 Å². The van der Waals surface area contributed by atoms with E-state index < -0.39 is 0 Å². The monoisotopic (exact) mass is 292 g/mol. The molecule has 1 N–H and O–H groups in total. The van der Waals surface area contributed by atoms with E-state index >= 15 is 0 Å². The molecule has 1 aromatic rings. The van der Waals surface area contributed by atoms with Crippen LogP contribution in [0, 0.1) is 6.92 Å². The first kappa shape index (κ1) is 16.3. The van der Waals surface area contributed by atoms with Crippen molar-refractivity contribution < 1.29 is 9.47 Å². The summed E-state index contributed by atoms with van der Waals surface area (Å²) in [6, 6.07) is 6.40. The van der Waals surface area contributed by atoms with E-state index in [0.29, 0.717) is 0 Å². The summed E-state index contributed by atoms with van der Waals surface area (Å²) in [6.45, 7) is 8.79. The zero-order chi connectivity index (χ0) is 14.9. The molecule has 1 heterocycles. The number of benzene rings is 1. The zero-order valence-electron chi connectivity index (χ0n) is 13.4. The van der Waals surface area contributed by atoms with Crippen molar-refractivity contribution in [2.45, 2.75) is 26.3 Å². The number of nitrogens with zero attached hydrogens (tertiary/aromatic N) is 1. The number of ether oxygens (including phenoxy) is 2. The van der Waals surface area contributed by atoms with E-state index in [0.717, 1.165) is 38.6 Å². The topological polar surface area (TPSA) is 33.7 Å². The van der Waals surface area contributed by atoms with Crippen molar-refractivity contribution in [3.8, 4) is 5.75 Å². The van der Waals surface area contributed by atoms with E-state index in [2.05, 4.69) is 35.3 Å². The van der Waals surface area contributed by atoms with Gasteiger partial charge < -0.3 is 14.8 Å². The normalized spacial score (nSPS) is 15.5. The Labute approximate surface area is 128 Å². The number of methoxy groups -OCH3 is 1. The van der Waals surface area contributed by atoms with Crippen LogP contribution in [0.4, 0.5) is 0 Å². The fourth-order valence-electron chi connectivity index (χ4n) is 2.68. The minimum Gasteiger partial charge on any atom is -0.492 e. The molecule has 0 aliphatic carbocycles. The van der Waals surface area contributed by atoms with Crippen LogP contribution in [-0.4, -0.2) is 51.4 Å². The van der Waals surface area contributed by atoms with Gasteiger partial charge in [0.05, 0.1) is 6.61 Å². The molecule has 0 amide bonds. The summed E-state index contributed by atoms with van der Waals surface area (Å²) >= 11 is 0. The van der Waals surface area contributed by atoms with Crippen molar-refractivity contribution in [1.29, 1.82) is 0 Å². The molecule has 1 aromatic carbocycles. The number of nitrogens with one attached hydrogen (secondary N) is 1. The van der Waals surface area contributed by atoms with Crippen LogP contribution < -0.4 is 10.1 Å². The number of aryl methyl sites for hydroxylation is 1. The largest absolute Gasteiger partial charge is 0.492 e. The van der Waals surface area contributed by atoms with Crippen LogP contribution in [0.15, 0.2) is 18.2 Å². The first-order valence-corrected chi connectivity index (χ1v) is 7.94. The molecule has 0 atom stereocenters. The first-order chi connectivity index (χ1) is 10.3. The predicted molar refractivity (Wildman–Crippen MR) is 85.9 cm³/mol. The fraction of sp³-hybridized carbons (Fsp3) is 0.647. The van der Waals surface area contributed by atoms with Crippen LogP contribution in [0.25, 0.3) is 0 Å². The number of rotatable bonds is 9. The average molecular weight is 292 g/mol. The molecule has 0 unspecified atom stereocenters. The second-order valence-corrected chi connectivity index (χ2v) is 5.68. The Morgan fingerprint density at radius 1 is 1.19 bits per heavy atom. The van der Waals surface area contributed by atoms with Crippen molar-refractivity contribution >= 4 is 0 Å². The van der Waals surface area contributed by atoms with Crippen LogP contribution >= 0.6 is 0 Å². The molecular formula is C17H28N2O2. The Bertz CT molecular complexity index is 417. The van der Waals surface area contributed by atoms with Gasteiger partial charge in [0, 0.05) is 32.3 Å². The molecule has 4 nitrogen and oxygen atoms in total. The molecule has 0 spiro atoms. The summed E-state index contributed by atoms with van der Waals surface area (Å²) in [5.41, 5.74) is 2.50. The third-order valence-electron chi connectivity index (χ3n) is 3.88. The van der Waals surface area contributed by atoms with Crippen molar-refractivity contribution in [2.75, 3.05) is 46.5 Å². The van der Waals surface area contributed by atoms with Crippen molar-refractivity contribution in [2.24, 2.45) is 0 Å². The summed E-state index contributed by atoms with van der Waals surface area (Å²) < 4.78 is 11.1. The predicted octanol–water partition coefficient (Wildman–Crippen LogP) is 2.21. The maximum absolute atomic E-state index is 6.00. The molecule has 1 saturated heterocycles. The Hall–Kier alpha value is -1.10. The van der Waals surface area contributed by atoms with E-state index in [4.69, 9.17) is 9.47 Å². The van der Waals surface area contributed by atoms with Gasteiger partial charge in [0.1, 0.15) is 12.4 Å². The third kappa shape index (κ3) is 5.65. The summed E-state index contributed by atoms with van der Waals surface area (Å²) in [6.07, 6.45) is 2.67. The van der Waals surface area contributed by atoms with Crippen LogP contribution in [0.2, 0.25) is 0 Å². The van der Waals surface area contributed by atoms with E-state index in [1.807, 2.05) is 0 Å². The molecule has 0 saturated carbocycles. The fourth-order valence-corrected chi connectivity index (χ4v) is 2.68. The lowest BCUT2D eigenvalue weighted by molar-refractivity contribution is 0.198. The highest BCUT2D eigenvalue weighted by Crippen LogP contribution is 2.20. The van der Waals surface area contributed by atoms with E-state index in [9.17, 15) is 0 Å². The highest BCUT2D eigenvalue weighted by molar-refractivity contribution is 5.36. The molecule has 4 heteroatoms. The molecule has 118 valence electrons. The summed E-state index contributed by atoms with van der Waals surface area (Å²) in [4.78, 5) is 2.48. The lowest BCUT2D eigenvalue weighted by atomic mass is 10.1. The lowest BCUT2D eigenvalue weighted by Crippen LogP contribution is -2.25. The van der Waals surface area contributed by atoms with Gasteiger partial charge in [0.15, 0.2) is 0 Å². The van der Waals surface area contributed by atoms with E-state index in [1.54, 1.807) is 7.11 Å². The minimum absolute atomic E-state index is 0.733. The van der Waals surface area contributed by atoms with Gasteiger partial charge in [-0.15, -0.1) is 0 Å². The average Bonchev–Trinajstić information content (AvgIpc) is 2.99. The number of hydrogen-bond donors (Lipinski definition) is 1. The minimum atomic E-state index is 0.733. The number of hydrogen-bond acceptors (Lipinski definition) is 4. The third-order valence-corrected chi connectivity index (χ3v) is 3.88. The molecule has 2 rings (SSSR count). The standard InChI is InChI=1S/C17H28N2O2/c1-15-5-6-17(16(13-15)14-18-7-11-20-2)21-12-10-19-8-3-4-9-19/h5-6,13,18H,3-4,7-12,14H2,1-2H3. The molecule has 1 aliphatic heterocycles. The molecule has 1 aliphatic rings. The van der Waals surface area contributed by atoms with Gasteiger partial charge in [-0.3, -0.25) is 4.90 Å². The smallest absolute Gasteiger partial charge is 0.123 e. The van der Waals surface area contributed by atoms with Crippen LogP contribution in [0.5, 0.6) is 5.75 Å². The highest BCUT2D eigenvalue weighted by Gasteiger charge is 2.11. The van der Waals surface area contributed by atoms with E-state index in [-0.39, 0.29) is 0 Å². The summed E-state index contributed by atoms with van der Waals surface area (Å²) in [7, 11) is 1.72. The Balaban J connectivity index is 1.81. The summed E-state index contributed by atoms with van der Waals surface area (Å²) in [5, 5.41) is 3.39. The summed E-state index contributed by atoms with van der Waals surface area (Å²) in [5.74, 6) is 1.00. The molecule has 0 aromatic heterocycles. The van der Waals surface area contributed by atoms with Crippen LogP contribution in [-0.2, 0) is 11.3 Å². The second kappa shape index (κ2) is 9.03. The molecular weight excluding hydrogens is 264 g/mol. The quantitative estimate of drug-likeness (QED) is 0.708. The van der Waals surface area contributed by atoms with Crippen molar-refractivity contribution in [1.82, 2.24) is 10.2 Å². The van der Waals surface area contributed by atoms with Crippen molar-refractivity contribution in [3.05, 3.63) is 29.3 Å². The molecule has 1 fully saturated rings. The van der Waals surface area contributed by atoms with Crippen LogP contribution in [0.3, 0.4) is 0 Å². The van der Waals surface area contributed by atoms with Gasteiger partial charge in [-0.2, -0.15) is 0 Å². The van der Waals surface area contributed by atoms with Gasteiger partial charge in [0.25, 0.3) is 0 Å². The first-order valence-electron chi connectivity index (χ1n) is 7.94. The van der Waals surface area contributed by atoms with Gasteiger partial charge in [0.2, 0.25) is 0 Å². The maximum Gasteiger partial charge on any atom is 0.123 e. The maximum atomic E-state index is 6.00. The van der Waals surface area contributed by atoms with E-state index in [1.165, 1.54) is 37.1 Å². The Kier molecular flexibility index (Phi) is 7.00. The van der Waals surface area contributed by atoms with Gasteiger partial charge in [-0.1, -0.05) is 17.7 Å². The Morgan fingerprint density at radius 2 is 2.00 bits per heavy atom. The second-order valence-electron chi connectivity index (χ2n) is 5.68. The number of likely N-dealkylation sites (tertiary alicyclic amines) is 1. The van der Waals surface area contributed by atoms with Gasteiger partial charge >= 0.3 is 0 Å². The van der Waals surface area contributed by atoms with Gasteiger partial charge in [-0.25, -0.2) is 0 Å². The molecule has 0 radical (unpaired) electrons. The molecule has 21 heavy (non-hydrogen) atoms. The highest BCUT2D eigenvalue weighted by atomic mass is 16.5. The van der Waals surface area contributed by atoms with Crippen molar-refractivity contribution in [3.63, 3.8) is 0 Å². The van der Waals surface area contributed by atoms with Gasteiger partial charge in [-0.05, 0) is 38.9 Å².